The van der Waals surface area contributed by atoms with E-state index < -0.39 is 0 Å². The molecule has 1 fully saturated rings. The molecule has 0 spiro atoms. The zero-order chi connectivity index (χ0) is 13.0. The Kier molecular flexibility index (Phi) is 4.46. The Bertz CT molecular complexity index is 376. The molecule has 0 unspecified atom stereocenters. The average molecular weight is 243 g/mol. The lowest BCUT2D eigenvalue weighted by Gasteiger charge is -2.39. The second kappa shape index (κ2) is 6.08. The SMILES string of the molecule is C=C(C1CC(CCc2ccccc2)C1)N(C)CC. The van der Waals surface area contributed by atoms with Crippen molar-refractivity contribution in [3.63, 3.8) is 0 Å². The molecule has 0 bridgehead atoms. The van der Waals surface area contributed by atoms with E-state index in [2.05, 4.69) is 55.8 Å². The first-order valence-electron chi connectivity index (χ1n) is 7.14. The summed E-state index contributed by atoms with van der Waals surface area (Å²) in [4.78, 5) is 2.29. The normalized spacial score (nSPS) is 22.3. The largest absolute Gasteiger partial charge is 0.378 e. The lowest BCUT2D eigenvalue weighted by Crippen LogP contribution is -2.32. The molecule has 1 aromatic carbocycles. The summed E-state index contributed by atoms with van der Waals surface area (Å²) in [6, 6.07) is 10.8. The highest BCUT2D eigenvalue weighted by molar-refractivity contribution is 5.15. The molecule has 0 radical (unpaired) electrons. The van der Waals surface area contributed by atoms with Crippen LogP contribution in [0.2, 0.25) is 0 Å². The Morgan fingerprint density at radius 1 is 1.28 bits per heavy atom. The summed E-state index contributed by atoms with van der Waals surface area (Å²) < 4.78 is 0. The van der Waals surface area contributed by atoms with Crippen LogP contribution in [0.15, 0.2) is 42.6 Å². The summed E-state index contributed by atoms with van der Waals surface area (Å²) in [7, 11) is 2.15. The van der Waals surface area contributed by atoms with E-state index >= 15 is 0 Å². The molecule has 1 nitrogen and oxygen atoms in total. The first kappa shape index (κ1) is 13.2. The van der Waals surface area contributed by atoms with E-state index in [0.29, 0.717) is 0 Å². The van der Waals surface area contributed by atoms with Crippen LogP contribution < -0.4 is 0 Å². The average Bonchev–Trinajstić information content (AvgIpc) is 2.36. The smallest absolute Gasteiger partial charge is 0.0143 e. The number of allylic oxidation sites excluding steroid dienone is 1. The Labute approximate surface area is 112 Å². The van der Waals surface area contributed by atoms with Gasteiger partial charge in [0.15, 0.2) is 0 Å². The number of nitrogens with zero attached hydrogens (tertiary/aromatic N) is 1. The van der Waals surface area contributed by atoms with Crippen LogP contribution in [0.4, 0.5) is 0 Å². The van der Waals surface area contributed by atoms with Gasteiger partial charge in [-0.2, -0.15) is 0 Å². The molecule has 0 amide bonds. The van der Waals surface area contributed by atoms with Gasteiger partial charge in [0.1, 0.15) is 0 Å². The van der Waals surface area contributed by atoms with E-state index in [1.54, 1.807) is 0 Å². The topological polar surface area (TPSA) is 3.24 Å². The highest BCUT2D eigenvalue weighted by Crippen LogP contribution is 2.41. The summed E-state index contributed by atoms with van der Waals surface area (Å²) in [6.45, 7) is 7.49. The fourth-order valence-electron chi connectivity index (χ4n) is 2.77. The molecule has 0 heterocycles. The highest BCUT2D eigenvalue weighted by Gasteiger charge is 2.31. The first-order valence-corrected chi connectivity index (χ1v) is 7.14. The van der Waals surface area contributed by atoms with Crippen molar-refractivity contribution in [3.8, 4) is 0 Å². The molecule has 0 aromatic heterocycles. The molecule has 18 heavy (non-hydrogen) atoms. The third-order valence-corrected chi connectivity index (χ3v) is 4.36. The fraction of sp³-hybridized carbons (Fsp3) is 0.529. The highest BCUT2D eigenvalue weighted by atomic mass is 15.1. The zero-order valence-corrected chi connectivity index (χ0v) is 11.7. The van der Waals surface area contributed by atoms with Crippen LogP contribution in [-0.2, 0) is 6.42 Å². The van der Waals surface area contributed by atoms with Crippen molar-refractivity contribution in [1.29, 1.82) is 0 Å². The number of benzene rings is 1. The first-order chi connectivity index (χ1) is 8.70. The van der Waals surface area contributed by atoms with Gasteiger partial charge in [0, 0.05) is 19.3 Å². The van der Waals surface area contributed by atoms with Crippen molar-refractivity contribution in [3.05, 3.63) is 48.2 Å². The minimum Gasteiger partial charge on any atom is -0.378 e. The molecule has 1 aromatic rings. The van der Waals surface area contributed by atoms with Crippen molar-refractivity contribution in [1.82, 2.24) is 4.90 Å². The number of hydrogen-bond acceptors (Lipinski definition) is 1. The summed E-state index contributed by atoms with van der Waals surface area (Å²) in [5.74, 6) is 1.66. The minimum absolute atomic E-state index is 0.746. The summed E-state index contributed by atoms with van der Waals surface area (Å²) in [5.41, 5.74) is 2.82. The third kappa shape index (κ3) is 3.16. The number of hydrogen-bond donors (Lipinski definition) is 0. The zero-order valence-electron chi connectivity index (χ0n) is 11.7. The van der Waals surface area contributed by atoms with Gasteiger partial charge in [-0.3, -0.25) is 0 Å². The van der Waals surface area contributed by atoms with Gasteiger partial charge in [-0.05, 0) is 50.0 Å². The van der Waals surface area contributed by atoms with Crippen LogP contribution >= 0.6 is 0 Å². The molecular weight excluding hydrogens is 218 g/mol. The van der Waals surface area contributed by atoms with Gasteiger partial charge in [0.2, 0.25) is 0 Å². The van der Waals surface area contributed by atoms with Crippen molar-refractivity contribution in [2.45, 2.75) is 32.6 Å². The quantitative estimate of drug-likeness (QED) is 0.726. The van der Waals surface area contributed by atoms with Gasteiger partial charge in [0.05, 0.1) is 0 Å². The van der Waals surface area contributed by atoms with Gasteiger partial charge < -0.3 is 4.90 Å². The molecular formula is C17H25N. The van der Waals surface area contributed by atoms with Crippen LogP contribution in [0, 0.1) is 11.8 Å². The monoisotopic (exact) mass is 243 g/mol. The van der Waals surface area contributed by atoms with E-state index in [0.717, 1.165) is 18.4 Å². The fourth-order valence-corrected chi connectivity index (χ4v) is 2.77. The van der Waals surface area contributed by atoms with Gasteiger partial charge in [-0.15, -0.1) is 0 Å². The van der Waals surface area contributed by atoms with Gasteiger partial charge >= 0.3 is 0 Å². The molecule has 0 atom stereocenters. The minimum atomic E-state index is 0.746. The standard InChI is InChI=1S/C17H25N/c1-4-18(3)14(2)17-12-16(13-17)11-10-15-8-6-5-7-9-15/h5-9,16-17H,2,4,10-13H2,1,3H3. The summed E-state index contributed by atoms with van der Waals surface area (Å²) in [6.07, 6.45) is 5.25. The van der Waals surface area contributed by atoms with Crippen LogP contribution in [0.3, 0.4) is 0 Å². The van der Waals surface area contributed by atoms with E-state index in [-0.39, 0.29) is 0 Å². The summed E-state index contributed by atoms with van der Waals surface area (Å²) in [5, 5.41) is 0. The Morgan fingerprint density at radius 2 is 1.94 bits per heavy atom. The maximum Gasteiger partial charge on any atom is 0.0143 e. The van der Waals surface area contributed by atoms with Crippen molar-refractivity contribution >= 4 is 0 Å². The molecule has 1 saturated carbocycles. The predicted octanol–water partition coefficient (Wildman–Crippen LogP) is 4.11. The van der Waals surface area contributed by atoms with Crippen LogP contribution in [-0.4, -0.2) is 18.5 Å². The van der Waals surface area contributed by atoms with Gasteiger partial charge in [0.25, 0.3) is 0 Å². The molecule has 1 heteroatoms. The van der Waals surface area contributed by atoms with E-state index in [4.69, 9.17) is 0 Å². The van der Waals surface area contributed by atoms with Crippen LogP contribution in [0.25, 0.3) is 0 Å². The van der Waals surface area contributed by atoms with Crippen molar-refractivity contribution in [2.24, 2.45) is 11.8 Å². The second-order valence-corrected chi connectivity index (χ2v) is 5.56. The third-order valence-electron chi connectivity index (χ3n) is 4.36. The maximum absolute atomic E-state index is 4.23. The van der Waals surface area contributed by atoms with Gasteiger partial charge in [-0.1, -0.05) is 36.9 Å². The Balaban J connectivity index is 1.69. The second-order valence-electron chi connectivity index (χ2n) is 5.56. The molecule has 98 valence electrons. The van der Waals surface area contributed by atoms with Crippen molar-refractivity contribution < 1.29 is 0 Å². The molecule has 0 saturated heterocycles. The Hall–Kier alpha value is -1.24. The molecule has 2 rings (SSSR count). The van der Waals surface area contributed by atoms with E-state index in [9.17, 15) is 0 Å². The van der Waals surface area contributed by atoms with Gasteiger partial charge in [-0.25, -0.2) is 0 Å². The van der Waals surface area contributed by atoms with Crippen LogP contribution in [0.1, 0.15) is 31.7 Å². The maximum atomic E-state index is 4.23. The molecule has 1 aliphatic carbocycles. The summed E-state index contributed by atoms with van der Waals surface area (Å²) >= 11 is 0. The predicted molar refractivity (Wildman–Crippen MR) is 78.4 cm³/mol. The Morgan fingerprint density at radius 3 is 2.56 bits per heavy atom. The molecule has 0 aliphatic heterocycles. The lowest BCUT2D eigenvalue weighted by atomic mass is 9.71. The van der Waals surface area contributed by atoms with E-state index in [1.807, 2.05) is 0 Å². The number of rotatable bonds is 6. The number of aryl methyl sites for hydroxylation is 1. The lowest BCUT2D eigenvalue weighted by molar-refractivity contribution is 0.180. The molecule has 1 aliphatic rings. The van der Waals surface area contributed by atoms with Crippen LogP contribution in [0.5, 0.6) is 0 Å². The van der Waals surface area contributed by atoms with E-state index in [1.165, 1.54) is 36.9 Å². The van der Waals surface area contributed by atoms with Crippen molar-refractivity contribution in [2.75, 3.05) is 13.6 Å². The molecule has 0 N–H and O–H groups in total.